The van der Waals surface area contributed by atoms with Gasteiger partial charge in [-0.2, -0.15) is 0 Å². The maximum absolute atomic E-state index is 12.2. The number of nitrogens with one attached hydrogen (secondary N) is 1. The molecular weight excluding hydrogens is 262 g/mol. The van der Waals surface area contributed by atoms with Crippen LogP contribution in [0, 0.1) is 0 Å². The van der Waals surface area contributed by atoms with Crippen molar-refractivity contribution in [2.75, 3.05) is 25.4 Å². The van der Waals surface area contributed by atoms with Gasteiger partial charge in [0, 0.05) is 18.3 Å². The molecule has 3 N–H and O–H groups in total. The third kappa shape index (κ3) is 3.92. The molecule has 1 aromatic carbocycles. The summed E-state index contributed by atoms with van der Waals surface area (Å²) in [5, 5.41) is 0. The number of likely N-dealkylation sites (tertiary alicyclic amines) is 1. The Morgan fingerprint density at radius 1 is 1.26 bits per heavy atom. The molecule has 1 aliphatic rings. The summed E-state index contributed by atoms with van der Waals surface area (Å²) in [6, 6.07) is 6.15. The van der Waals surface area contributed by atoms with E-state index in [4.69, 9.17) is 5.73 Å². The van der Waals surface area contributed by atoms with E-state index in [-0.39, 0.29) is 10.9 Å². The van der Waals surface area contributed by atoms with Crippen LogP contribution in [0.25, 0.3) is 0 Å². The van der Waals surface area contributed by atoms with E-state index in [1.54, 1.807) is 12.1 Å². The van der Waals surface area contributed by atoms with E-state index in [0.717, 1.165) is 19.6 Å². The number of hydrogen-bond acceptors (Lipinski definition) is 4. The van der Waals surface area contributed by atoms with Crippen LogP contribution in [0.3, 0.4) is 0 Å². The maximum Gasteiger partial charge on any atom is 0.240 e. The predicted molar refractivity (Wildman–Crippen MR) is 76.3 cm³/mol. The van der Waals surface area contributed by atoms with Crippen LogP contribution in [0.5, 0.6) is 0 Å². The first kappa shape index (κ1) is 14.3. The molecule has 1 aliphatic heterocycles. The lowest BCUT2D eigenvalue weighted by Gasteiger charge is -2.21. The second-order valence-electron chi connectivity index (χ2n) is 5.10. The van der Waals surface area contributed by atoms with Crippen LogP contribution < -0.4 is 10.5 Å². The minimum Gasteiger partial charge on any atom is -0.399 e. The van der Waals surface area contributed by atoms with Gasteiger partial charge < -0.3 is 10.6 Å². The Kier molecular flexibility index (Phi) is 4.44. The smallest absolute Gasteiger partial charge is 0.240 e. The predicted octanol–water partition coefficient (Wildman–Crippen LogP) is 1.03. The first-order valence-electron chi connectivity index (χ1n) is 6.57. The van der Waals surface area contributed by atoms with E-state index < -0.39 is 10.0 Å². The highest BCUT2D eigenvalue weighted by Gasteiger charge is 2.20. The van der Waals surface area contributed by atoms with Gasteiger partial charge in [-0.05, 0) is 57.1 Å². The third-order valence-electron chi connectivity index (χ3n) is 3.28. The first-order chi connectivity index (χ1) is 8.97. The molecule has 6 heteroatoms. The van der Waals surface area contributed by atoms with Crippen LogP contribution in [0.15, 0.2) is 29.2 Å². The van der Waals surface area contributed by atoms with Crippen molar-refractivity contribution in [3.05, 3.63) is 24.3 Å². The molecule has 0 aromatic heterocycles. The molecule has 19 heavy (non-hydrogen) atoms. The fourth-order valence-corrected chi connectivity index (χ4v) is 3.60. The van der Waals surface area contributed by atoms with Crippen molar-refractivity contribution in [2.45, 2.75) is 30.7 Å². The molecule has 0 saturated carbocycles. The molecule has 1 saturated heterocycles. The van der Waals surface area contributed by atoms with Crippen molar-refractivity contribution in [3.63, 3.8) is 0 Å². The zero-order chi connectivity index (χ0) is 13.9. The molecular formula is C13H21N3O2S. The van der Waals surface area contributed by atoms with Crippen molar-refractivity contribution in [3.8, 4) is 0 Å². The van der Waals surface area contributed by atoms with Crippen molar-refractivity contribution >= 4 is 15.7 Å². The summed E-state index contributed by atoms with van der Waals surface area (Å²) in [5.74, 6) is 0. The second-order valence-corrected chi connectivity index (χ2v) is 6.81. The summed E-state index contributed by atoms with van der Waals surface area (Å²) < 4.78 is 27.0. The lowest BCUT2D eigenvalue weighted by atomic mass is 10.3. The zero-order valence-electron chi connectivity index (χ0n) is 11.2. The van der Waals surface area contributed by atoms with Crippen LogP contribution >= 0.6 is 0 Å². The molecule has 0 aliphatic carbocycles. The summed E-state index contributed by atoms with van der Waals surface area (Å²) in [6.45, 7) is 4.78. The summed E-state index contributed by atoms with van der Waals surface area (Å²) in [5.41, 5.74) is 6.12. The average Bonchev–Trinajstić information content (AvgIpc) is 2.81. The van der Waals surface area contributed by atoms with Crippen molar-refractivity contribution < 1.29 is 8.42 Å². The number of anilines is 1. The maximum atomic E-state index is 12.2. The van der Waals surface area contributed by atoms with Crippen molar-refractivity contribution in [2.24, 2.45) is 0 Å². The van der Waals surface area contributed by atoms with Crippen LogP contribution in [0.1, 0.15) is 19.8 Å². The van der Waals surface area contributed by atoms with Gasteiger partial charge >= 0.3 is 0 Å². The Hall–Kier alpha value is -1.11. The molecule has 0 amide bonds. The number of sulfonamides is 1. The van der Waals surface area contributed by atoms with Crippen LogP contribution in [0.2, 0.25) is 0 Å². The minimum absolute atomic E-state index is 0.0966. The number of benzene rings is 1. The normalized spacial score (nSPS) is 18.6. The van der Waals surface area contributed by atoms with Gasteiger partial charge in [-0.15, -0.1) is 0 Å². The van der Waals surface area contributed by atoms with Gasteiger partial charge in [0.2, 0.25) is 10.0 Å². The summed E-state index contributed by atoms with van der Waals surface area (Å²) >= 11 is 0. The standard InChI is InChI=1S/C13H21N3O2S/c1-11(10-16-8-2-3-9-16)15-19(17,18)13-6-4-12(14)5-7-13/h4-7,11,15H,2-3,8-10,14H2,1H3. The second kappa shape index (κ2) is 5.90. The fourth-order valence-electron chi connectivity index (χ4n) is 2.37. The fraction of sp³-hybridized carbons (Fsp3) is 0.538. The molecule has 1 heterocycles. The number of rotatable bonds is 5. The SMILES string of the molecule is CC(CN1CCCC1)NS(=O)(=O)c1ccc(N)cc1. The molecule has 0 bridgehead atoms. The lowest BCUT2D eigenvalue weighted by Crippen LogP contribution is -2.40. The highest BCUT2D eigenvalue weighted by atomic mass is 32.2. The van der Waals surface area contributed by atoms with Gasteiger partial charge in [0.15, 0.2) is 0 Å². The number of nitrogen functional groups attached to an aromatic ring is 1. The van der Waals surface area contributed by atoms with Crippen LogP contribution in [0.4, 0.5) is 5.69 Å². The largest absolute Gasteiger partial charge is 0.399 e. The van der Waals surface area contributed by atoms with E-state index in [2.05, 4.69) is 9.62 Å². The summed E-state index contributed by atoms with van der Waals surface area (Å²) in [6.07, 6.45) is 2.41. The van der Waals surface area contributed by atoms with Gasteiger partial charge in [-0.25, -0.2) is 13.1 Å². The molecule has 1 atom stereocenters. The summed E-state index contributed by atoms with van der Waals surface area (Å²) in [7, 11) is -3.45. The molecule has 0 radical (unpaired) electrons. The van der Waals surface area contributed by atoms with Crippen molar-refractivity contribution in [1.29, 1.82) is 0 Å². The Balaban J connectivity index is 1.98. The Morgan fingerprint density at radius 2 is 1.84 bits per heavy atom. The summed E-state index contributed by atoms with van der Waals surface area (Å²) in [4.78, 5) is 2.55. The molecule has 106 valence electrons. The number of hydrogen-bond donors (Lipinski definition) is 2. The average molecular weight is 283 g/mol. The molecule has 5 nitrogen and oxygen atoms in total. The highest BCUT2D eigenvalue weighted by molar-refractivity contribution is 7.89. The highest BCUT2D eigenvalue weighted by Crippen LogP contribution is 2.13. The van der Waals surface area contributed by atoms with E-state index in [9.17, 15) is 8.42 Å². The Labute approximate surface area is 114 Å². The molecule has 1 unspecified atom stereocenters. The zero-order valence-corrected chi connectivity index (χ0v) is 12.0. The van der Waals surface area contributed by atoms with E-state index in [1.165, 1.54) is 25.0 Å². The lowest BCUT2D eigenvalue weighted by molar-refractivity contribution is 0.313. The monoisotopic (exact) mass is 283 g/mol. The Morgan fingerprint density at radius 3 is 2.42 bits per heavy atom. The van der Waals surface area contributed by atoms with E-state index in [0.29, 0.717) is 5.69 Å². The van der Waals surface area contributed by atoms with Gasteiger partial charge in [-0.3, -0.25) is 0 Å². The molecule has 1 aromatic rings. The Bertz CT molecular complexity index is 507. The van der Waals surface area contributed by atoms with Gasteiger partial charge in [0.25, 0.3) is 0 Å². The minimum atomic E-state index is -3.45. The number of nitrogens with two attached hydrogens (primary N) is 1. The van der Waals surface area contributed by atoms with Gasteiger partial charge in [0.05, 0.1) is 4.90 Å². The molecule has 0 spiro atoms. The first-order valence-corrected chi connectivity index (χ1v) is 8.06. The number of nitrogens with zero attached hydrogens (tertiary/aromatic N) is 1. The van der Waals surface area contributed by atoms with Gasteiger partial charge in [-0.1, -0.05) is 0 Å². The topological polar surface area (TPSA) is 75.4 Å². The van der Waals surface area contributed by atoms with Crippen LogP contribution in [-0.4, -0.2) is 39.0 Å². The van der Waals surface area contributed by atoms with E-state index >= 15 is 0 Å². The van der Waals surface area contributed by atoms with Crippen LogP contribution in [-0.2, 0) is 10.0 Å². The quantitative estimate of drug-likeness (QED) is 0.792. The third-order valence-corrected chi connectivity index (χ3v) is 4.88. The van der Waals surface area contributed by atoms with Gasteiger partial charge in [0.1, 0.15) is 0 Å². The molecule has 1 fully saturated rings. The van der Waals surface area contributed by atoms with Crippen molar-refractivity contribution in [1.82, 2.24) is 9.62 Å². The molecule has 2 rings (SSSR count). The van der Waals surface area contributed by atoms with E-state index in [1.807, 2.05) is 6.92 Å².